The third kappa shape index (κ3) is 3.07. The van der Waals surface area contributed by atoms with Crippen molar-refractivity contribution in [3.8, 4) is 0 Å². The molecule has 2 N–H and O–H groups in total. The standard InChI is InChI=1S/C16H19N5O/c1-12-19-20-16-10-15(17-11-21(12)16)18-14(8-5-9-22)13-6-3-2-4-7-13/h2-4,6-7,10-11,14,18,22H,5,8-9H2,1H3/t14-/m0/s1. The number of aliphatic hydroxyl groups excluding tert-OH is 1. The van der Waals surface area contributed by atoms with Gasteiger partial charge in [-0.3, -0.25) is 4.40 Å². The molecule has 0 amide bonds. The van der Waals surface area contributed by atoms with Crippen LogP contribution in [-0.4, -0.2) is 31.3 Å². The fraction of sp³-hybridized carbons (Fsp3) is 0.312. The Balaban J connectivity index is 1.84. The van der Waals surface area contributed by atoms with Crippen LogP contribution in [0.2, 0.25) is 0 Å². The van der Waals surface area contributed by atoms with E-state index in [0.717, 1.165) is 30.1 Å². The Bertz CT molecular complexity index is 741. The Labute approximate surface area is 128 Å². The lowest BCUT2D eigenvalue weighted by molar-refractivity contribution is 0.281. The minimum Gasteiger partial charge on any atom is -0.396 e. The molecule has 1 aromatic carbocycles. The number of benzene rings is 1. The molecule has 1 atom stereocenters. The average Bonchev–Trinajstić information content (AvgIpc) is 2.93. The van der Waals surface area contributed by atoms with Crippen LogP contribution in [0.1, 0.15) is 30.3 Å². The predicted octanol–water partition coefficient (Wildman–Crippen LogP) is 2.36. The van der Waals surface area contributed by atoms with Gasteiger partial charge in [-0.15, -0.1) is 10.2 Å². The molecule has 6 heteroatoms. The van der Waals surface area contributed by atoms with Crippen molar-refractivity contribution in [3.05, 3.63) is 54.1 Å². The van der Waals surface area contributed by atoms with E-state index in [1.54, 1.807) is 6.33 Å². The van der Waals surface area contributed by atoms with E-state index >= 15 is 0 Å². The molecule has 0 bridgehead atoms. The van der Waals surface area contributed by atoms with E-state index in [2.05, 4.69) is 32.6 Å². The van der Waals surface area contributed by atoms with Crippen LogP contribution in [0.4, 0.5) is 5.82 Å². The van der Waals surface area contributed by atoms with Crippen molar-refractivity contribution in [3.63, 3.8) is 0 Å². The Morgan fingerprint density at radius 3 is 2.82 bits per heavy atom. The summed E-state index contributed by atoms with van der Waals surface area (Å²) in [4.78, 5) is 4.42. The highest BCUT2D eigenvalue weighted by Gasteiger charge is 2.12. The van der Waals surface area contributed by atoms with Gasteiger partial charge in [0.15, 0.2) is 5.65 Å². The number of aryl methyl sites for hydroxylation is 1. The lowest BCUT2D eigenvalue weighted by Crippen LogP contribution is -2.12. The summed E-state index contributed by atoms with van der Waals surface area (Å²) in [7, 11) is 0. The second-order valence-electron chi connectivity index (χ2n) is 5.22. The maximum Gasteiger partial charge on any atom is 0.165 e. The van der Waals surface area contributed by atoms with E-state index in [9.17, 15) is 0 Å². The second-order valence-corrected chi connectivity index (χ2v) is 5.22. The molecule has 0 aliphatic carbocycles. The summed E-state index contributed by atoms with van der Waals surface area (Å²) in [6, 6.07) is 12.2. The molecule has 0 saturated carbocycles. The third-order valence-corrected chi connectivity index (χ3v) is 3.65. The zero-order chi connectivity index (χ0) is 15.4. The molecule has 2 heterocycles. The van der Waals surface area contributed by atoms with Crippen molar-refractivity contribution in [1.82, 2.24) is 19.6 Å². The number of nitrogens with one attached hydrogen (secondary N) is 1. The molecule has 3 aromatic rings. The summed E-state index contributed by atoms with van der Waals surface area (Å²) in [5.74, 6) is 1.57. The molecule has 2 aromatic heterocycles. The molecule has 22 heavy (non-hydrogen) atoms. The first kappa shape index (κ1) is 14.5. The highest BCUT2D eigenvalue weighted by molar-refractivity contribution is 5.50. The highest BCUT2D eigenvalue weighted by atomic mass is 16.2. The lowest BCUT2D eigenvalue weighted by atomic mass is 10.0. The number of rotatable bonds is 6. The van der Waals surface area contributed by atoms with Crippen LogP contribution >= 0.6 is 0 Å². The van der Waals surface area contributed by atoms with Gasteiger partial charge in [0.25, 0.3) is 0 Å². The van der Waals surface area contributed by atoms with Crippen molar-refractivity contribution in [2.24, 2.45) is 0 Å². The molecule has 0 radical (unpaired) electrons. The quantitative estimate of drug-likeness (QED) is 0.730. The SMILES string of the molecule is Cc1nnc2cc(N[C@@H](CCCO)c3ccccc3)ncn12. The molecular weight excluding hydrogens is 278 g/mol. The maximum atomic E-state index is 9.11. The van der Waals surface area contributed by atoms with Gasteiger partial charge < -0.3 is 10.4 Å². The van der Waals surface area contributed by atoms with E-state index in [0.29, 0.717) is 0 Å². The molecule has 0 unspecified atom stereocenters. The van der Waals surface area contributed by atoms with Crippen LogP contribution in [0.15, 0.2) is 42.7 Å². The van der Waals surface area contributed by atoms with E-state index in [4.69, 9.17) is 5.11 Å². The molecule has 6 nitrogen and oxygen atoms in total. The summed E-state index contributed by atoms with van der Waals surface area (Å²) in [5, 5.41) is 20.7. The van der Waals surface area contributed by atoms with Gasteiger partial charge in [-0.1, -0.05) is 30.3 Å². The van der Waals surface area contributed by atoms with Crippen LogP contribution in [0.5, 0.6) is 0 Å². The van der Waals surface area contributed by atoms with Gasteiger partial charge in [-0.25, -0.2) is 4.98 Å². The zero-order valence-corrected chi connectivity index (χ0v) is 12.5. The summed E-state index contributed by atoms with van der Waals surface area (Å²) >= 11 is 0. The zero-order valence-electron chi connectivity index (χ0n) is 12.5. The lowest BCUT2D eigenvalue weighted by Gasteiger charge is -2.19. The molecule has 0 aliphatic rings. The van der Waals surface area contributed by atoms with Crippen LogP contribution < -0.4 is 5.32 Å². The third-order valence-electron chi connectivity index (χ3n) is 3.65. The Hall–Kier alpha value is -2.47. The minimum absolute atomic E-state index is 0.104. The van der Waals surface area contributed by atoms with Crippen molar-refractivity contribution >= 4 is 11.5 Å². The number of fused-ring (bicyclic) bond motifs is 1. The molecule has 0 fully saturated rings. The summed E-state index contributed by atoms with van der Waals surface area (Å²) in [6.07, 6.45) is 3.29. The number of aliphatic hydroxyl groups is 1. The highest BCUT2D eigenvalue weighted by Crippen LogP contribution is 2.23. The van der Waals surface area contributed by atoms with Gasteiger partial charge in [-0.05, 0) is 25.3 Å². The first-order chi connectivity index (χ1) is 10.8. The van der Waals surface area contributed by atoms with Crippen molar-refractivity contribution < 1.29 is 5.11 Å². The summed E-state index contributed by atoms with van der Waals surface area (Å²) in [5.41, 5.74) is 1.94. The van der Waals surface area contributed by atoms with E-state index < -0.39 is 0 Å². The largest absolute Gasteiger partial charge is 0.396 e. The van der Waals surface area contributed by atoms with Crippen LogP contribution in [0, 0.1) is 6.92 Å². The van der Waals surface area contributed by atoms with Gasteiger partial charge in [0.1, 0.15) is 18.0 Å². The summed E-state index contributed by atoms with van der Waals surface area (Å²) < 4.78 is 1.84. The smallest absolute Gasteiger partial charge is 0.165 e. The second kappa shape index (κ2) is 6.53. The molecule has 3 rings (SSSR count). The van der Waals surface area contributed by atoms with E-state index in [1.807, 2.05) is 35.6 Å². The normalized spacial score (nSPS) is 12.5. The predicted molar refractivity (Wildman–Crippen MR) is 84.6 cm³/mol. The van der Waals surface area contributed by atoms with Crippen molar-refractivity contribution in [1.29, 1.82) is 0 Å². The fourth-order valence-electron chi connectivity index (χ4n) is 2.47. The first-order valence-corrected chi connectivity index (χ1v) is 7.37. The summed E-state index contributed by atoms with van der Waals surface area (Å²) in [6.45, 7) is 2.07. The molecule has 0 aliphatic heterocycles. The number of aromatic nitrogens is 4. The van der Waals surface area contributed by atoms with Gasteiger partial charge in [0.2, 0.25) is 0 Å². The Morgan fingerprint density at radius 1 is 1.23 bits per heavy atom. The monoisotopic (exact) mass is 297 g/mol. The number of nitrogens with zero attached hydrogens (tertiary/aromatic N) is 4. The van der Waals surface area contributed by atoms with Crippen molar-refractivity contribution in [2.75, 3.05) is 11.9 Å². The van der Waals surface area contributed by atoms with E-state index in [-0.39, 0.29) is 12.6 Å². The van der Waals surface area contributed by atoms with Crippen LogP contribution in [0.3, 0.4) is 0 Å². The van der Waals surface area contributed by atoms with Crippen LogP contribution in [-0.2, 0) is 0 Å². The fourth-order valence-corrected chi connectivity index (χ4v) is 2.47. The van der Waals surface area contributed by atoms with Gasteiger partial charge in [-0.2, -0.15) is 0 Å². The minimum atomic E-state index is 0.104. The van der Waals surface area contributed by atoms with Gasteiger partial charge in [0, 0.05) is 12.7 Å². The topological polar surface area (TPSA) is 75.3 Å². The van der Waals surface area contributed by atoms with Gasteiger partial charge in [0.05, 0.1) is 6.04 Å². The molecule has 0 spiro atoms. The molecule has 114 valence electrons. The Kier molecular flexibility index (Phi) is 4.29. The molecular formula is C16H19N5O. The molecule has 0 saturated heterocycles. The van der Waals surface area contributed by atoms with Crippen LogP contribution in [0.25, 0.3) is 5.65 Å². The maximum absolute atomic E-state index is 9.11. The van der Waals surface area contributed by atoms with Crippen molar-refractivity contribution in [2.45, 2.75) is 25.8 Å². The number of hydrogen-bond acceptors (Lipinski definition) is 5. The Morgan fingerprint density at radius 2 is 2.05 bits per heavy atom. The number of anilines is 1. The van der Waals surface area contributed by atoms with Gasteiger partial charge >= 0.3 is 0 Å². The average molecular weight is 297 g/mol. The number of hydrogen-bond donors (Lipinski definition) is 2. The first-order valence-electron chi connectivity index (χ1n) is 7.37. The van der Waals surface area contributed by atoms with E-state index in [1.165, 1.54) is 5.56 Å².